The van der Waals surface area contributed by atoms with Gasteiger partial charge in [0.15, 0.2) is 3.95 Å². The van der Waals surface area contributed by atoms with Crippen molar-refractivity contribution < 1.29 is 9.90 Å². The zero-order valence-corrected chi connectivity index (χ0v) is 13.0. The molecule has 1 aliphatic heterocycles. The highest BCUT2D eigenvalue weighted by Gasteiger charge is 2.27. The van der Waals surface area contributed by atoms with Gasteiger partial charge in [0.05, 0.1) is 12.0 Å². The highest BCUT2D eigenvalue weighted by Crippen LogP contribution is 2.22. The molecule has 1 fully saturated rings. The van der Waals surface area contributed by atoms with E-state index in [1.165, 1.54) is 11.3 Å². The van der Waals surface area contributed by atoms with Crippen molar-refractivity contribution in [2.75, 3.05) is 13.1 Å². The molecule has 1 atom stereocenters. The molecule has 1 aliphatic rings. The van der Waals surface area contributed by atoms with Crippen LogP contribution in [0.3, 0.4) is 0 Å². The molecule has 2 N–H and O–H groups in total. The molecule has 1 saturated heterocycles. The highest BCUT2D eigenvalue weighted by molar-refractivity contribution is 7.73. The molecule has 0 bridgehead atoms. The zero-order chi connectivity index (χ0) is 14.0. The standard InChI is InChI=1S/C13H20N2O2S2/c1-9-10(19-12(18)14-9)8-11(16)15-6-3-4-13(2,17)5-7-15/h17H,3-8H2,1-2H3,(H,14,18). The van der Waals surface area contributed by atoms with Crippen LogP contribution in [-0.4, -0.2) is 39.6 Å². The Morgan fingerprint density at radius 3 is 2.89 bits per heavy atom. The van der Waals surface area contributed by atoms with Crippen LogP contribution in [0.5, 0.6) is 0 Å². The summed E-state index contributed by atoms with van der Waals surface area (Å²) >= 11 is 6.56. The van der Waals surface area contributed by atoms with Crippen LogP contribution in [0.4, 0.5) is 0 Å². The van der Waals surface area contributed by atoms with Gasteiger partial charge in [0, 0.05) is 23.7 Å². The summed E-state index contributed by atoms with van der Waals surface area (Å²) in [6, 6.07) is 0. The molecule has 4 nitrogen and oxygen atoms in total. The summed E-state index contributed by atoms with van der Waals surface area (Å²) in [5.74, 6) is 0.131. The smallest absolute Gasteiger partial charge is 0.227 e. The first kappa shape index (κ1) is 14.7. The lowest BCUT2D eigenvalue weighted by atomic mass is 9.98. The highest BCUT2D eigenvalue weighted by atomic mass is 32.1. The Labute approximate surface area is 122 Å². The van der Waals surface area contributed by atoms with E-state index >= 15 is 0 Å². The van der Waals surface area contributed by atoms with Crippen LogP contribution in [0.25, 0.3) is 0 Å². The van der Waals surface area contributed by atoms with Crippen molar-refractivity contribution in [1.29, 1.82) is 0 Å². The third-order valence-electron chi connectivity index (χ3n) is 3.65. The lowest BCUT2D eigenvalue weighted by molar-refractivity contribution is -0.130. The maximum atomic E-state index is 12.3. The van der Waals surface area contributed by atoms with Crippen molar-refractivity contribution in [2.45, 2.75) is 45.1 Å². The normalized spacial score (nSPS) is 24.3. The van der Waals surface area contributed by atoms with Gasteiger partial charge in [-0.2, -0.15) is 0 Å². The number of amides is 1. The Balaban J connectivity index is 2.00. The molecule has 0 aliphatic carbocycles. The van der Waals surface area contributed by atoms with E-state index in [1.807, 2.05) is 18.7 Å². The second-order valence-electron chi connectivity index (χ2n) is 5.47. The van der Waals surface area contributed by atoms with Crippen LogP contribution < -0.4 is 0 Å². The van der Waals surface area contributed by atoms with Crippen molar-refractivity contribution in [2.24, 2.45) is 0 Å². The predicted molar refractivity (Wildman–Crippen MR) is 79.0 cm³/mol. The molecule has 0 radical (unpaired) electrons. The minimum absolute atomic E-state index is 0.131. The van der Waals surface area contributed by atoms with Crippen molar-refractivity contribution in [1.82, 2.24) is 9.88 Å². The summed E-state index contributed by atoms with van der Waals surface area (Å²) in [6.07, 6.45) is 2.69. The van der Waals surface area contributed by atoms with Gasteiger partial charge in [-0.15, -0.1) is 11.3 Å². The van der Waals surface area contributed by atoms with Gasteiger partial charge in [0.1, 0.15) is 0 Å². The number of aromatic nitrogens is 1. The Hall–Kier alpha value is -0.720. The lowest BCUT2D eigenvalue weighted by Gasteiger charge is -2.22. The van der Waals surface area contributed by atoms with Crippen molar-refractivity contribution in [3.8, 4) is 0 Å². The molecule has 0 aromatic carbocycles. The Kier molecular flexibility index (Phi) is 4.43. The molecule has 106 valence electrons. The fourth-order valence-electron chi connectivity index (χ4n) is 2.37. The fourth-order valence-corrected chi connectivity index (χ4v) is 3.65. The van der Waals surface area contributed by atoms with E-state index in [0.29, 0.717) is 19.4 Å². The quantitative estimate of drug-likeness (QED) is 0.825. The molecule has 0 spiro atoms. The van der Waals surface area contributed by atoms with Crippen LogP contribution in [0.15, 0.2) is 0 Å². The molecule has 1 amide bonds. The summed E-state index contributed by atoms with van der Waals surface area (Å²) in [5.41, 5.74) is 0.361. The van der Waals surface area contributed by atoms with Gasteiger partial charge in [-0.3, -0.25) is 4.79 Å². The largest absolute Gasteiger partial charge is 0.390 e. The lowest BCUT2D eigenvalue weighted by Crippen LogP contribution is -2.34. The topological polar surface area (TPSA) is 56.3 Å². The molecule has 1 unspecified atom stereocenters. The summed E-state index contributed by atoms with van der Waals surface area (Å²) in [6.45, 7) is 5.18. The Bertz CT molecular complexity index is 519. The number of nitrogens with one attached hydrogen (secondary N) is 1. The van der Waals surface area contributed by atoms with E-state index in [0.717, 1.165) is 33.9 Å². The number of carbonyl (C=O) groups is 1. The van der Waals surface area contributed by atoms with E-state index in [9.17, 15) is 9.90 Å². The molecular formula is C13H20N2O2S2. The van der Waals surface area contributed by atoms with Crippen molar-refractivity contribution >= 4 is 29.5 Å². The Morgan fingerprint density at radius 1 is 1.53 bits per heavy atom. The van der Waals surface area contributed by atoms with Gasteiger partial charge in [0.2, 0.25) is 5.91 Å². The van der Waals surface area contributed by atoms with Gasteiger partial charge >= 0.3 is 0 Å². The van der Waals surface area contributed by atoms with Gasteiger partial charge < -0.3 is 15.0 Å². The summed E-state index contributed by atoms with van der Waals surface area (Å²) in [4.78, 5) is 18.2. The van der Waals surface area contributed by atoms with Gasteiger partial charge in [-0.25, -0.2) is 0 Å². The number of aromatic amines is 1. The number of hydrogen-bond acceptors (Lipinski definition) is 4. The number of likely N-dealkylation sites (tertiary alicyclic amines) is 1. The van der Waals surface area contributed by atoms with Gasteiger partial charge in [-0.05, 0) is 45.3 Å². The first-order chi connectivity index (χ1) is 8.87. The Morgan fingerprint density at radius 2 is 2.26 bits per heavy atom. The molecule has 19 heavy (non-hydrogen) atoms. The molecule has 1 aromatic heterocycles. The summed E-state index contributed by atoms with van der Waals surface area (Å²) in [7, 11) is 0. The number of rotatable bonds is 2. The average molecular weight is 300 g/mol. The van der Waals surface area contributed by atoms with Crippen molar-refractivity contribution in [3.05, 3.63) is 14.5 Å². The molecule has 6 heteroatoms. The van der Waals surface area contributed by atoms with E-state index in [1.54, 1.807) is 0 Å². The minimum atomic E-state index is -0.630. The first-order valence-corrected chi connectivity index (χ1v) is 7.79. The molecule has 2 heterocycles. The van der Waals surface area contributed by atoms with Crippen LogP contribution >= 0.6 is 23.6 Å². The molecule has 1 aromatic rings. The SMILES string of the molecule is Cc1[nH]c(=S)sc1CC(=O)N1CCCC(C)(O)CC1. The number of aliphatic hydroxyl groups is 1. The van der Waals surface area contributed by atoms with Crippen LogP contribution in [0, 0.1) is 10.9 Å². The van der Waals surface area contributed by atoms with Crippen molar-refractivity contribution in [3.63, 3.8) is 0 Å². The van der Waals surface area contributed by atoms with E-state index in [4.69, 9.17) is 12.2 Å². The maximum Gasteiger partial charge on any atom is 0.227 e. The van der Waals surface area contributed by atoms with E-state index in [-0.39, 0.29) is 5.91 Å². The van der Waals surface area contributed by atoms with E-state index in [2.05, 4.69) is 4.98 Å². The monoisotopic (exact) mass is 300 g/mol. The van der Waals surface area contributed by atoms with Crippen LogP contribution in [0.2, 0.25) is 0 Å². The summed E-state index contributed by atoms with van der Waals surface area (Å²) in [5, 5.41) is 10.0. The number of H-pyrrole nitrogens is 1. The minimum Gasteiger partial charge on any atom is -0.390 e. The maximum absolute atomic E-state index is 12.3. The van der Waals surface area contributed by atoms with Gasteiger partial charge in [-0.1, -0.05) is 0 Å². The second-order valence-corrected chi connectivity index (χ2v) is 7.24. The number of aryl methyl sites for hydroxylation is 1. The third-order valence-corrected chi connectivity index (χ3v) is 4.99. The summed E-state index contributed by atoms with van der Waals surface area (Å²) < 4.78 is 0.721. The number of hydrogen-bond donors (Lipinski definition) is 2. The molecule has 2 rings (SSSR count). The number of thiazole rings is 1. The predicted octanol–water partition coefficient (Wildman–Crippen LogP) is 2.42. The average Bonchev–Trinajstić information content (AvgIpc) is 2.51. The third kappa shape index (κ3) is 3.87. The molecule has 0 saturated carbocycles. The van der Waals surface area contributed by atoms with Crippen LogP contribution in [0.1, 0.15) is 36.8 Å². The number of nitrogens with zero attached hydrogens (tertiary/aromatic N) is 1. The fraction of sp³-hybridized carbons (Fsp3) is 0.692. The van der Waals surface area contributed by atoms with E-state index < -0.39 is 5.60 Å². The zero-order valence-electron chi connectivity index (χ0n) is 11.4. The molecular weight excluding hydrogens is 280 g/mol. The van der Waals surface area contributed by atoms with Crippen LogP contribution in [-0.2, 0) is 11.2 Å². The second kappa shape index (κ2) is 5.73. The first-order valence-electron chi connectivity index (χ1n) is 6.56. The number of carbonyl (C=O) groups excluding carboxylic acids is 1. The van der Waals surface area contributed by atoms with Gasteiger partial charge in [0.25, 0.3) is 0 Å².